The Labute approximate surface area is 100 Å². The van der Waals surface area contributed by atoms with Crippen LogP contribution in [0.1, 0.15) is 23.2 Å². The van der Waals surface area contributed by atoms with Crippen LogP contribution in [0.25, 0.3) is 0 Å². The van der Waals surface area contributed by atoms with Gasteiger partial charge in [-0.05, 0) is 42.7 Å². The molecule has 0 aliphatic heterocycles. The van der Waals surface area contributed by atoms with Crippen molar-refractivity contribution in [3.05, 3.63) is 35.9 Å². The quantitative estimate of drug-likeness (QED) is 0.809. The first-order chi connectivity index (χ1) is 8.25. The molecule has 0 aromatic heterocycles. The first-order valence-corrected chi connectivity index (χ1v) is 6.16. The number of esters is 1. The molecule has 0 spiro atoms. The Morgan fingerprint density at radius 2 is 1.88 bits per heavy atom. The van der Waals surface area contributed by atoms with Crippen molar-refractivity contribution in [3.8, 4) is 0 Å². The number of aliphatic hydroxyl groups excluding tert-OH is 1. The largest absolute Gasteiger partial charge is 0.462 e. The number of fused-ring (bicyclic) bond motifs is 1. The Balaban J connectivity index is 1.49. The lowest BCUT2D eigenvalue weighted by atomic mass is 10.1. The number of rotatable bonds is 3. The average molecular weight is 232 g/mol. The van der Waals surface area contributed by atoms with Crippen molar-refractivity contribution in [2.24, 2.45) is 17.8 Å². The zero-order chi connectivity index (χ0) is 11.8. The standard InChI is InChI=1S/C14H16O3/c15-10-6-11-12(7-10)13(11)8-17-14(16)9-4-2-1-3-5-9/h1-5,10-13,15H,6-8H2. The Hall–Kier alpha value is -1.35. The average Bonchev–Trinajstić information content (AvgIpc) is 2.81. The molecule has 3 heteroatoms. The van der Waals surface area contributed by atoms with Crippen molar-refractivity contribution in [1.82, 2.24) is 0 Å². The molecule has 1 aromatic carbocycles. The second-order valence-electron chi connectivity index (χ2n) is 5.08. The molecular formula is C14H16O3. The van der Waals surface area contributed by atoms with Gasteiger partial charge in [-0.25, -0.2) is 4.79 Å². The predicted molar refractivity (Wildman–Crippen MR) is 62.4 cm³/mol. The minimum atomic E-state index is -0.240. The van der Waals surface area contributed by atoms with Gasteiger partial charge in [-0.3, -0.25) is 0 Å². The van der Waals surface area contributed by atoms with E-state index < -0.39 is 0 Å². The summed E-state index contributed by atoms with van der Waals surface area (Å²) in [6.07, 6.45) is 1.65. The second kappa shape index (κ2) is 4.15. The SMILES string of the molecule is O=C(OCC1C2CC(O)CC12)c1ccccc1. The summed E-state index contributed by atoms with van der Waals surface area (Å²) in [5.41, 5.74) is 0.610. The lowest BCUT2D eigenvalue weighted by Crippen LogP contribution is -2.12. The molecule has 2 saturated carbocycles. The zero-order valence-corrected chi connectivity index (χ0v) is 9.58. The van der Waals surface area contributed by atoms with Crippen molar-refractivity contribution < 1.29 is 14.6 Å². The van der Waals surface area contributed by atoms with Gasteiger partial charge in [0.25, 0.3) is 0 Å². The first kappa shape index (κ1) is 10.8. The molecule has 0 heterocycles. The number of aliphatic hydroxyl groups is 1. The molecule has 2 unspecified atom stereocenters. The third-order valence-corrected chi connectivity index (χ3v) is 4.01. The molecule has 0 saturated heterocycles. The molecule has 2 atom stereocenters. The van der Waals surface area contributed by atoms with Gasteiger partial charge < -0.3 is 9.84 Å². The van der Waals surface area contributed by atoms with Crippen LogP contribution in [0.15, 0.2) is 30.3 Å². The normalized spacial score (nSPS) is 34.2. The van der Waals surface area contributed by atoms with Crippen molar-refractivity contribution in [3.63, 3.8) is 0 Å². The van der Waals surface area contributed by atoms with E-state index in [-0.39, 0.29) is 12.1 Å². The number of carbonyl (C=O) groups excluding carboxylic acids is 1. The van der Waals surface area contributed by atoms with E-state index in [0.717, 1.165) is 12.8 Å². The summed E-state index contributed by atoms with van der Waals surface area (Å²) in [4.78, 5) is 11.7. The number of benzene rings is 1. The molecule has 0 amide bonds. The molecular weight excluding hydrogens is 216 g/mol. The lowest BCUT2D eigenvalue weighted by Gasteiger charge is -2.08. The van der Waals surface area contributed by atoms with E-state index in [0.29, 0.717) is 29.9 Å². The molecule has 0 radical (unpaired) electrons. The highest BCUT2D eigenvalue weighted by atomic mass is 16.5. The molecule has 2 aliphatic rings. The van der Waals surface area contributed by atoms with Gasteiger partial charge in [0.05, 0.1) is 18.3 Å². The molecule has 1 N–H and O–H groups in total. The molecule has 17 heavy (non-hydrogen) atoms. The van der Waals surface area contributed by atoms with Gasteiger partial charge in [0.2, 0.25) is 0 Å². The number of carbonyl (C=O) groups is 1. The van der Waals surface area contributed by atoms with Crippen LogP contribution in [0.3, 0.4) is 0 Å². The van der Waals surface area contributed by atoms with E-state index in [4.69, 9.17) is 4.74 Å². The second-order valence-corrected chi connectivity index (χ2v) is 5.08. The Morgan fingerprint density at radius 3 is 2.53 bits per heavy atom. The van der Waals surface area contributed by atoms with Gasteiger partial charge in [-0.2, -0.15) is 0 Å². The summed E-state index contributed by atoms with van der Waals surface area (Å²) in [5.74, 6) is 1.43. The van der Waals surface area contributed by atoms with Crippen LogP contribution in [-0.4, -0.2) is 23.8 Å². The van der Waals surface area contributed by atoms with Crippen LogP contribution in [0.2, 0.25) is 0 Å². The summed E-state index contributed by atoms with van der Waals surface area (Å²) in [6, 6.07) is 9.07. The third kappa shape index (κ3) is 2.07. The highest BCUT2D eigenvalue weighted by Crippen LogP contribution is 2.57. The minimum Gasteiger partial charge on any atom is -0.462 e. The van der Waals surface area contributed by atoms with Crippen LogP contribution in [0.5, 0.6) is 0 Å². The van der Waals surface area contributed by atoms with E-state index in [1.165, 1.54) is 0 Å². The number of hydrogen-bond acceptors (Lipinski definition) is 3. The summed E-state index contributed by atoms with van der Waals surface area (Å²) < 4.78 is 5.30. The van der Waals surface area contributed by atoms with E-state index in [2.05, 4.69) is 0 Å². The fraction of sp³-hybridized carbons (Fsp3) is 0.500. The predicted octanol–water partition coefficient (Wildman–Crippen LogP) is 1.86. The summed E-state index contributed by atoms with van der Waals surface area (Å²) >= 11 is 0. The summed E-state index contributed by atoms with van der Waals surface area (Å²) in [5, 5.41) is 9.40. The van der Waals surface area contributed by atoms with Gasteiger partial charge >= 0.3 is 5.97 Å². The Morgan fingerprint density at radius 1 is 1.24 bits per heavy atom. The van der Waals surface area contributed by atoms with Crippen LogP contribution < -0.4 is 0 Å². The highest BCUT2D eigenvalue weighted by molar-refractivity contribution is 5.89. The van der Waals surface area contributed by atoms with E-state index in [1.54, 1.807) is 12.1 Å². The molecule has 0 bridgehead atoms. The fourth-order valence-corrected chi connectivity index (χ4v) is 3.02. The fourth-order valence-electron chi connectivity index (χ4n) is 3.02. The monoisotopic (exact) mass is 232 g/mol. The van der Waals surface area contributed by atoms with Crippen molar-refractivity contribution in [2.45, 2.75) is 18.9 Å². The van der Waals surface area contributed by atoms with E-state index in [9.17, 15) is 9.90 Å². The van der Waals surface area contributed by atoms with Crippen LogP contribution in [0.4, 0.5) is 0 Å². The smallest absolute Gasteiger partial charge is 0.338 e. The Bertz CT molecular complexity index is 403. The van der Waals surface area contributed by atoms with Crippen molar-refractivity contribution in [2.75, 3.05) is 6.61 Å². The van der Waals surface area contributed by atoms with Crippen molar-refractivity contribution >= 4 is 5.97 Å². The first-order valence-electron chi connectivity index (χ1n) is 6.16. The van der Waals surface area contributed by atoms with Crippen LogP contribution in [0, 0.1) is 17.8 Å². The van der Waals surface area contributed by atoms with Gasteiger partial charge in [0.15, 0.2) is 0 Å². The number of hydrogen-bond donors (Lipinski definition) is 1. The maximum Gasteiger partial charge on any atom is 0.338 e. The van der Waals surface area contributed by atoms with Gasteiger partial charge in [0, 0.05) is 0 Å². The van der Waals surface area contributed by atoms with E-state index in [1.807, 2.05) is 18.2 Å². The van der Waals surface area contributed by atoms with Crippen LogP contribution >= 0.6 is 0 Å². The maximum absolute atomic E-state index is 11.7. The highest BCUT2D eigenvalue weighted by Gasteiger charge is 2.55. The molecule has 2 fully saturated rings. The topological polar surface area (TPSA) is 46.5 Å². The number of ether oxygens (including phenoxy) is 1. The Kier molecular flexibility index (Phi) is 2.63. The molecule has 3 nitrogen and oxygen atoms in total. The van der Waals surface area contributed by atoms with Crippen molar-refractivity contribution in [1.29, 1.82) is 0 Å². The van der Waals surface area contributed by atoms with E-state index >= 15 is 0 Å². The zero-order valence-electron chi connectivity index (χ0n) is 9.58. The van der Waals surface area contributed by atoms with Gasteiger partial charge in [0.1, 0.15) is 0 Å². The summed E-state index contributed by atoms with van der Waals surface area (Å²) in [6.45, 7) is 0.510. The third-order valence-electron chi connectivity index (χ3n) is 4.01. The molecule has 3 rings (SSSR count). The molecule has 1 aromatic rings. The van der Waals surface area contributed by atoms with Crippen LogP contribution in [-0.2, 0) is 4.74 Å². The molecule has 90 valence electrons. The van der Waals surface area contributed by atoms with Gasteiger partial charge in [-0.15, -0.1) is 0 Å². The minimum absolute atomic E-state index is 0.119. The molecule has 2 aliphatic carbocycles. The maximum atomic E-state index is 11.7. The van der Waals surface area contributed by atoms with Gasteiger partial charge in [-0.1, -0.05) is 18.2 Å². The summed E-state index contributed by atoms with van der Waals surface area (Å²) in [7, 11) is 0. The lowest BCUT2D eigenvalue weighted by molar-refractivity contribution is 0.0459.